The van der Waals surface area contributed by atoms with E-state index in [1.807, 2.05) is 0 Å². The molecule has 0 aliphatic carbocycles. The molecule has 4 heteroatoms. The van der Waals surface area contributed by atoms with Crippen molar-refractivity contribution in [3.63, 3.8) is 0 Å². The summed E-state index contributed by atoms with van der Waals surface area (Å²) in [4.78, 5) is 11.4. The Kier molecular flexibility index (Phi) is 3.16. The number of amides is 1. The van der Waals surface area contributed by atoms with Crippen LogP contribution in [-0.4, -0.2) is 38.3 Å². The number of carbonyl (C=O) groups excluding carboxylic acids is 1. The summed E-state index contributed by atoms with van der Waals surface area (Å²) in [6, 6.07) is 0.0418. The van der Waals surface area contributed by atoms with Gasteiger partial charge in [-0.25, -0.2) is 0 Å². The minimum absolute atomic E-state index is 0.0418. The van der Waals surface area contributed by atoms with Gasteiger partial charge in [-0.1, -0.05) is 6.08 Å². The van der Waals surface area contributed by atoms with E-state index in [0.717, 1.165) is 26.0 Å². The van der Waals surface area contributed by atoms with Gasteiger partial charge in [0.25, 0.3) is 0 Å². The lowest BCUT2D eigenvalue weighted by atomic mass is 10.1. The lowest BCUT2D eigenvalue weighted by Crippen LogP contribution is -2.53. The van der Waals surface area contributed by atoms with Crippen LogP contribution in [0.25, 0.3) is 0 Å². The van der Waals surface area contributed by atoms with Gasteiger partial charge < -0.3 is 15.4 Å². The highest BCUT2D eigenvalue weighted by atomic mass is 16.5. The summed E-state index contributed by atoms with van der Waals surface area (Å²) in [7, 11) is 0. The van der Waals surface area contributed by atoms with Gasteiger partial charge in [0.1, 0.15) is 0 Å². The van der Waals surface area contributed by atoms with Crippen LogP contribution in [0.4, 0.5) is 0 Å². The van der Waals surface area contributed by atoms with Crippen molar-refractivity contribution in [3.8, 4) is 0 Å². The maximum absolute atomic E-state index is 11.4. The van der Waals surface area contributed by atoms with Crippen LogP contribution in [0, 0.1) is 0 Å². The highest BCUT2D eigenvalue weighted by molar-refractivity contribution is 5.82. The number of rotatable bonds is 3. The Morgan fingerprint density at radius 2 is 2.57 bits per heavy atom. The summed E-state index contributed by atoms with van der Waals surface area (Å²) in [5, 5.41) is 5.97. The van der Waals surface area contributed by atoms with Crippen LogP contribution in [-0.2, 0) is 9.53 Å². The second-order valence-corrected chi connectivity index (χ2v) is 3.72. The molecule has 2 rings (SSSR count). The molecule has 1 amide bonds. The Bertz CT molecular complexity index is 247. The van der Waals surface area contributed by atoms with Gasteiger partial charge in [0.15, 0.2) is 0 Å². The number of ether oxygens (including phenoxy) is 1. The van der Waals surface area contributed by atoms with Crippen LogP contribution in [0.15, 0.2) is 11.6 Å². The van der Waals surface area contributed by atoms with Gasteiger partial charge in [-0.15, -0.1) is 0 Å². The molecule has 1 fully saturated rings. The summed E-state index contributed by atoms with van der Waals surface area (Å²) in [6.45, 7) is 3.07. The lowest BCUT2D eigenvalue weighted by molar-refractivity contribution is -0.124. The summed E-state index contributed by atoms with van der Waals surface area (Å²) >= 11 is 0. The molecule has 14 heavy (non-hydrogen) atoms. The first kappa shape index (κ1) is 9.68. The van der Waals surface area contributed by atoms with E-state index in [9.17, 15) is 4.79 Å². The smallest absolute Gasteiger partial charge is 0.237 e. The average Bonchev–Trinajstić information content (AvgIpc) is 2.14. The first-order valence-electron chi connectivity index (χ1n) is 5.13. The van der Waals surface area contributed by atoms with Crippen molar-refractivity contribution >= 4 is 5.91 Å². The third kappa shape index (κ3) is 2.33. The highest BCUT2D eigenvalue weighted by Gasteiger charge is 2.23. The van der Waals surface area contributed by atoms with Crippen LogP contribution in [0.3, 0.4) is 0 Å². The average molecular weight is 196 g/mol. The Labute approximate surface area is 83.7 Å². The van der Waals surface area contributed by atoms with E-state index in [1.165, 1.54) is 5.57 Å². The highest BCUT2D eigenvalue weighted by Crippen LogP contribution is 2.05. The second kappa shape index (κ2) is 4.57. The topological polar surface area (TPSA) is 50.4 Å². The van der Waals surface area contributed by atoms with Crippen LogP contribution < -0.4 is 10.6 Å². The fourth-order valence-electron chi connectivity index (χ4n) is 1.57. The number of nitrogens with one attached hydrogen (secondary N) is 2. The molecule has 0 bridgehead atoms. The molecule has 0 saturated carbocycles. The van der Waals surface area contributed by atoms with Gasteiger partial charge in [0.2, 0.25) is 5.91 Å². The zero-order chi connectivity index (χ0) is 9.80. The molecule has 2 aliphatic rings. The van der Waals surface area contributed by atoms with E-state index in [2.05, 4.69) is 16.7 Å². The van der Waals surface area contributed by atoms with Gasteiger partial charge in [0.05, 0.1) is 19.3 Å². The predicted octanol–water partition coefficient (Wildman–Crippen LogP) is -0.189. The molecule has 4 nitrogen and oxygen atoms in total. The van der Waals surface area contributed by atoms with Crippen LogP contribution >= 0.6 is 0 Å². The zero-order valence-corrected chi connectivity index (χ0v) is 8.21. The molecule has 1 saturated heterocycles. The number of carbonyl (C=O) groups is 1. The maximum atomic E-state index is 11.4. The molecule has 0 aromatic rings. The largest absolute Gasteiger partial charge is 0.377 e. The van der Waals surface area contributed by atoms with E-state index in [1.54, 1.807) is 0 Å². The Morgan fingerprint density at radius 3 is 3.14 bits per heavy atom. The van der Waals surface area contributed by atoms with Crippen molar-refractivity contribution < 1.29 is 9.53 Å². The molecule has 2 aliphatic heterocycles. The molecule has 2 heterocycles. The fourth-order valence-corrected chi connectivity index (χ4v) is 1.57. The van der Waals surface area contributed by atoms with Crippen molar-refractivity contribution in [2.45, 2.75) is 18.9 Å². The van der Waals surface area contributed by atoms with Gasteiger partial charge in [-0.3, -0.25) is 4.79 Å². The summed E-state index contributed by atoms with van der Waals surface area (Å²) in [6.07, 6.45) is 4.08. The molecule has 0 aromatic heterocycles. The first-order chi connectivity index (χ1) is 6.86. The number of hydrogen-bond donors (Lipinski definition) is 2. The van der Waals surface area contributed by atoms with Gasteiger partial charge >= 0.3 is 0 Å². The zero-order valence-electron chi connectivity index (χ0n) is 8.21. The third-order valence-corrected chi connectivity index (χ3v) is 2.61. The minimum atomic E-state index is 0.0418. The SMILES string of the molecule is O=C(NCC1=CCCOC1)C1CCN1. The fraction of sp³-hybridized carbons (Fsp3) is 0.700. The second-order valence-electron chi connectivity index (χ2n) is 3.72. The molecule has 1 atom stereocenters. The van der Waals surface area contributed by atoms with Crippen molar-refractivity contribution in [2.24, 2.45) is 0 Å². The van der Waals surface area contributed by atoms with E-state index in [0.29, 0.717) is 13.2 Å². The third-order valence-electron chi connectivity index (χ3n) is 2.61. The standard InChI is InChI=1S/C10H16N2O2/c13-10(9-3-4-11-9)12-6-8-2-1-5-14-7-8/h2,9,11H,1,3-7H2,(H,12,13). The van der Waals surface area contributed by atoms with Gasteiger partial charge in [0, 0.05) is 6.54 Å². The molecule has 1 unspecified atom stereocenters. The summed E-state index contributed by atoms with van der Waals surface area (Å²) in [5.74, 6) is 0.114. The molecule has 2 N–H and O–H groups in total. The van der Waals surface area contributed by atoms with Crippen molar-refractivity contribution in [1.82, 2.24) is 10.6 Å². The van der Waals surface area contributed by atoms with E-state index < -0.39 is 0 Å². The molecule has 0 radical (unpaired) electrons. The van der Waals surface area contributed by atoms with Gasteiger partial charge in [-0.05, 0) is 25.0 Å². The normalized spacial score (nSPS) is 26.3. The molecule has 0 aromatic carbocycles. The van der Waals surface area contributed by atoms with Crippen LogP contribution in [0.1, 0.15) is 12.8 Å². The summed E-state index contributed by atoms with van der Waals surface area (Å²) in [5.41, 5.74) is 1.18. The summed E-state index contributed by atoms with van der Waals surface area (Å²) < 4.78 is 5.28. The monoisotopic (exact) mass is 196 g/mol. The Balaban J connectivity index is 1.70. The van der Waals surface area contributed by atoms with E-state index >= 15 is 0 Å². The molecular formula is C10H16N2O2. The Morgan fingerprint density at radius 1 is 1.71 bits per heavy atom. The molecular weight excluding hydrogens is 180 g/mol. The molecule has 78 valence electrons. The minimum Gasteiger partial charge on any atom is -0.377 e. The quantitative estimate of drug-likeness (QED) is 0.615. The van der Waals surface area contributed by atoms with E-state index in [4.69, 9.17) is 4.74 Å². The van der Waals surface area contributed by atoms with Crippen LogP contribution in [0.2, 0.25) is 0 Å². The van der Waals surface area contributed by atoms with Crippen molar-refractivity contribution in [3.05, 3.63) is 11.6 Å². The van der Waals surface area contributed by atoms with Crippen LogP contribution in [0.5, 0.6) is 0 Å². The molecule has 0 spiro atoms. The van der Waals surface area contributed by atoms with E-state index in [-0.39, 0.29) is 11.9 Å². The first-order valence-corrected chi connectivity index (χ1v) is 5.13. The lowest BCUT2D eigenvalue weighted by Gasteiger charge is -2.26. The maximum Gasteiger partial charge on any atom is 0.237 e. The number of hydrogen-bond acceptors (Lipinski definition) is 3. The van der Waals surface area contributed by atoms with Crippen molar-refractivity contribution in [1.29, 1.82) is 0 Å². The van der Waals surface area contributed by atoms with Crippen molar-refractivity contribution in [2.75, 3.05) is 26.3 Å². The Hall–Kier alpha value is -0.870. The predicted molar refractivity (Wildman–Crippen MR) is 52.9 cm³/mol. The van der Waals surface area contributed by atoms with Gasteiger partial charge in [-0.2, -0.15) is 0 Å².